The largest absolute Gasteiger partial charge is 0.458 e. The Kier molecular flexibility index (Phi) is 11.9. The van der Waals surface area contributed by atoms with Crippen molar-refractivity contribution in [1.82, 2.24) is 9.80 Å². The van der Waals surface area contributed by atoms with E-state index in [-0.39, 0.29) is 24.0 Å². The van der Waals surface area contributed by atoms with Crippen LogP contribution in [0.15, 0.2) is 4.99 Å². The number of ether oxygens (including phenoxy) is 6. The van der Waals surface area contributed by atoms with Crippen LogP contribution in [0.2, 0.25) is 0 Å². The normalized spacial score (nSPS) is 42.6. The van der Waals surface area contributed by atoms with E-state index in [2.05, 4.69) is 6.92 Å². The van der Waals surface area contributed by atoms with Gasteiger partial charge in [-0.05, 0) is 80.8 Å². The summed E-state index contributed by atoms with van der Waals surface area (Å²) in [5.41, 5.74) is -2.10. The molecular formula is C37H61N3O10. The minimum Gasteiger partial charge on any atom is -0.458 e. The first-order valence-electron chi connectivity index (χ1n) is 18.1. The fourth-order valence-corrected chi connectivity index (χ4v) is 8.97. The van der Waals surface area contributed by atoms with E-state index in [0.717, 1.165) is 5.71 Å². The van der Waals surface area contributed by atoms with Crippen molar-refractivity contribution in [2.45, 2.75) is 155 Å². The number of hydrogen-bond donors (Lipinski definition) is 0. The summed E-state index contributed by atoms with van der Waals surface area (Å²) in [7, 11) is 5.40. The van der Waals surface area contributed by atoms with Gasteiger partial charge in [0.2, 0.25) is 0 Å². The highest BCUT2D eigenvalue weighted by Crippen LogP contribution is 2.45. The molecule has 0 spiro atoms. The molecule has 0 N–H and O–H groups in total. The number of likely N-dealkylation sites (N-methyl/N-ethyl adjacent to an activating group) is 1. The summed E-state index contributed by atoms with van der Waals surface area (Å²) in [6, 6.07) is -0.712. The molecular weight excluding hydrogens is 646 g/mol. The summed E-state index contributed by atoms with van der Waals surface area (Å²) < 4.78 is 37.6. The number of nitrogens with zero attached hydrogens (tertiary/aromatic N) is 3. The molecule has 4 rings (SSSR count). The number of amides is 1. The quantitative estimate of drug-likeness (QED) is 0.220. The Morgan fingerprint density at radius 2 is 1.68 bits per heavy atom. The van der Waals surface area contributed by atoms with Crippen molar-refractivity contribution >= 4 is 29.5 Å². The molecule has 13 nitrogen and oxygen atoms in total. The highest BCUT2D eigenvalue weighted by atomic mass is 16.7. The second-order valence-corrected chi connectivity index (χ2v) is 16.3. The van der Waals surface area contributed by atoms with Crippen LogP contribution in [0.5, 0.6) is 0 Å². The summed E-state index contributed by atoms with van der Waals surface area (Å²) in [6.07, 6.45) is -2.98. The van der Waals surface area contributed by atoms with Gasteiger partial charge in [-0.15, -0.1) is 0 Å². The van der Waals surface area contributed by atoms with Gasteiger partial charge in [-0.1, -0.05) is 27.7 Å². The summed E-state index contributed by atoms with van der Waals surface area (Å²) >= 11 is 0. The molecule has 0 saturated carbocycles. The highest BCUT2D eigenvalue weighted by molar-refractivity contribution is 6.00. The lowest BCUT2D eigenvalue weighted by Crippen LogP contribution is -2.60. The molecule has 3 saturated heterocycles. The maximum absolute atomic E-state index is 14.3. The minimum absolute atomic E-state index is 0.212. The third kappa shape index (κ3) is 7.61. The Morgan fingerprint density at radius 1 is 1.04 bits per heavy atom. The fourth-order valence-electron chi connectivity index (χ4n) is 8.97. The number of cyclic esters (lactones) is 1. The number of methoxy groups -OCH3 is 1. The van der Waals surface area contributed by atoms with E-state index in [0.29, 0.717) is 25.8 Å². The Balaban J connectivity index is 1.88. The van der Waals surface area contributed by atoms with Crippen LogP contribution in [-0.4, -0.2) is 127 Å². The van der Waals surface area contributed by atoms with E-state index >= 15 is 0 Å². The molecule has 0 aromatic rings. The van der Waals surface area contributed by atoms with Crippen molar-refractivity contribution in [3.8, 4) is 0 Å². The predicted molar refractivity (Wildman–Crippen MR) is 186 cm³/mol. The maximum Gasteiger partial charge on any atom is 0.411 e. The number of rotatable bonds is 6. The number of fused-ring (bicyclic) bond motifs is 1. The monoisotopic (exact) mass is 707 g/mol. The average molecular weight is 708 g/mol. The van der Waals surface area contributed by atoms with Crippen molar-refractivity contribution in [3.63, 3.8) is 0 Å². The van der Waals surface area contributed by atoms with Gasteiger partial charge in [0.1, 0.15) is 12.0 Å². The number of carbonyl (C=O) groups excluding carboxylic acids is 4. The van der Waals surface area contributed by atoms with Crippen LogP contribution >= 0.6 is 0 Å². The smallest absolute Gasteiger partial charge is 0.411 e. The van der Waals surface area contributed by atoms with E-state index < -0.39 is 83.0 Å². The van der Waals surface area contributed by atoms with Crippen molar-refractivity contribution in [1.29, 1.82) is 0 Å². The van der Waals surface area contributed by atoms with Crippen LogP contribution in [0.25, 0.3) is 0 Å². The number of aliphatic imine (C=N–C) groups is 1. The van der Waals surface area contributed by atoms with E-state index in [1.165, 1.54) is 13.8 Å². The third-order valence-electron chi connectivity index (χ3n) is 11.5. The molecule has 1 amide bonds. The lowest BCUT2D eigenvalue weighted by molar-refractivity contribution is -0.297. The zero-order valence-corrected chi connectivity index (χ0v) is 32.6. The van der Waals surface area contributed by atoms with Crippen LogP contribution in [0, 0.1) is 23.7 Å². The Bertz CT molecular complexity index is 1340. The van der Waals surface area contributed by atoms with Crippen LogP contribution in [0.3, 0.4) is 0 Å². The second kappa shape index (κ2) is 14.8. The number of Topliss-reactive ketones (excluding diaryl/α,β-unsaturated/α-hetero) is 1. The summed E-state index contributed by atoms with van der Waals surface area (Å²) in [4.78, 5) is 63.1. The fraction of sp³-hybridized carbons (Fsp3) is 0.865. The minimum atomic E-state index is -1.19. The molecule has 50 heavy (non-hydrogen) atoms. The first-order chi connectivity index (χ1) is 23.1. The van der Waals surface area contributed by atoms with Crippen LogP contribution in [-0.2, 0) is 42.8 Å². The van der Waals surface area contributed by atoms with Gasteiger partial charge < -0.3 is 33.3 Å². The van der Waals surface area contributed by atoms with E-state index in [1.54, 1.807) is 18.9 Å². The topological polar surface area (TPSA) is 142 Å². The number of ketones is 1. The summed E-state index contributed by atoms with van der Waals surface area (Å²) in [6.45, 7) is 20.5. The number of carbonyl (C=O) groups is 4. The van der Waals surface area contributed by atoms with Crippen molar-refractivity contribution in [2.24, 2.45) is 28.7 Å². The molecule has 3 fully saturated rings. The zero-order chi connectivity index (χ0) is 37.7. The van der Waals surface area contributed by atoms with Gasteiger partial charge in [0.25, 0.3) is 0 Å². The lowest BCUT2D eigenvalue weighted by atomic mass is 9.73. The van der Waals surface area contributed by atoms with Crippen LogP contribution < -0.4 is 0 Å². The van der Waals surface area contributed by atoms with Gasteiger partial charge in [0, 0.05) is 38.1 Å². The molecule has 0 aromatic heterocycles. The molecule has 0 aromatic carbocycles. The number of esters is 2. The third-order valence-corrected chi connectivity index (χ3v) is 11.5. The Hall–Kier alpha value is -2.61. The van der Waals surface area contributed by atoms with Crippen molar-refractivity contribution < 1.29 is 47.6 Å². The highest BCUT2D eigenvalue weighted by Gasteiger charge is 2.61. The Morgan fingerprint density at radius 3 is 2.24 bits per heavy atom. The van der Waals surface area contributed by atoms with Gasteiger partial charge in [-0.25, -0.2) is 4.79 Å². The predicted octanol–water partition coefficient (Wildman–Crippen LogP) is 4.43. The number of hydrogen-bond acceptors (Lipinski definition) is 12. The molecule has 13 heteroatoms. The van der Waals surface area contributed by atoms with Gasteiger partial charge in [-0.3, -0.25) is 24.3 Å². The molecule has 0 unspecified atom stereocenters. The van der Waals surface area contributed by atoms with Crippen molar-refractivity contribution in [2.75, 3.05) is 27.7 Å². The van der Waals surface area contributed by atoms with Crippen molar-refractivity contribution in [3.05, 3.63) is 0 Å². The molecule has 0 aliphatic carbocycles. The molecule has 2 bridgehead atoms. The maximum atomic E-state index is 14.3. The molecule has 4 aliphatic rings. The summed E-state index contributed by atoms with van der Waals surface area (Å²) in [5, 5.41) is 0. The Labute approximate surface area is 298 Å². The standard InChI is InChI=1S/C37H61N3O10/c1-15-26-37(11)30-21(4)27(38-35(8,9)18-40(30)34(44)50-37)19(2)17-36(10,45-14)31(22(5)28(42)23(6)32(43)48-26)49-33-29(47-24(7)41)25(39(12)13)16-20(3)46-33/h19-23,25-26,29-31,33H,15-18H2,1-14H3/t19-,20-,21+,22+,23-,25+,26-,29-,30-,31-,33+,36-,37-/m1/s1. The van der Waals surface area contributed by atoms with E-state index in [4.69, 9.17) is 33.4 Å². The second-order valence-electron chi connectivity index (χ2n) is 16.3. The SMILES string of the molecule is CC[C@H]1OC(=O)[C@H](C)C(=O)[C@H](C)[C@@H](O[C@@H]2O[C@H](C)C[C@H](N(C)C)[C@H]2OC(C)=O)[C@](C)(OC)C[C@@H](C)C2=NC(C)(C)CN3C(=O)O[C@@]1(C)[C@H]3[C@H]2C. The molecule has 0 radical (unpaired) electrons. The van der Waals surface area contributed by atoms with Gasteiger partial charge >= 0.3 is 18.0 Å². The van der Waals surface area contributed by atoms with Gasteiger partial charge in [-0.2, -0.15) is 0 Å². The van der Waals surface area contributed by atoms with Crippen LogP contribution in [0.4, 0.5) is 4.79 Å². The average Bonchev–Trinajstić information content (AvgIpc) is 3.20. The first-order valence-corrected chi connectivity index (χ1v) is 18.1. The summed E-state index contributed by atoms with van der Waals surface area (Å²) in [5.74, 6) is -4.15. The first kappa shape index (κ1) is 40.2. The van der Waals surface area contributed by atoms with Gasteiger partial charge in [0.15, 0.2) is 23.8 Å². The zero-order valence-electron chi connectivity index (χ0n) is 32.6. The molecule has 284 valence electrons. The van der Waals surface area contributed by atoms with Gasteiger partial charge in [0.05, 0.1) is 35.4 Å². The van der Waals surface area contributed by atoms with E-state index in [9.17, 15) is 19.2 Å². The molecule has 4 aliphatic heterocycles. The van der Waals surface area contributed by atoms with E-state index in [1.807, 2.05) is 67.5 Å². The molecule has 13 atom stereocenters. The molecule has 4 heterocycles. The lowest BCUT2D eigenvalue weighted by Gasteiger charge is -2.48. The van der Waals surface area contributed by atoms with Crippen LogP contribution in [0.1, 0.15) is 95.4 Å².